The molecule has 1 amide bonds. The third kappa shape index (κ3) is 4.20. The van der Waals surface area contributed by atoms with Gasteiger partial charge in [-0.3, -0.25) is 4.79 Å². The van der Waals surface area contributed by atoms with Crippen LogP contribution in [-0.2, 0) is 6.42 Å². The lowest BCUT2D eigenvalue weighted by Gasteiger charge is -2.18. The van der Waals surface area contributed by atoms with Crippen LogP contribution in [0, 0.1) is 5.92 Å². The molecule has 0 fully saturated rings. The zero-order chi connectivity index (χ0) is 16.8. The van der Waals surface area contributed by atoms with Crippen LogP contribution in [0.15, 0.2) is 36.5 Å². The van der Waals surface area contributed by atoms with Gasteiger partial charge in [-0.25, -0.2) is 4.68 Å². The van der Waals surface area contributed by atoms with Crippen LogP contribution in [0.3, 0.4) is 0 Å². The quantitative estimate of drug-likeness (QED) is 0.825. The molecule has 0 spiro atoms. The molecule has 5 nitrogen and oxygen atoms in total. The van der Waals surface area contributed by atoms with Crippen molar-refractivity contribution in [2.75, 3.05) is 6.61 Å². The Labute approximate surface area is 137 Å². The first-order valence-electron chi connectivity index (χ1n) is 8.10. The Hall–Kier alpha value is -2.14. The first-order valence-corrected chi connectivity index (χ1v) is 8.10. The number of carbonyl (C=O) groups excluding carboxylic acids is 1. The van der Waals surface area contributed by atoms with Crippen LogP contribution >= 0.6 is 0 Å². The second-order valence-electron chi connectivity index (χ2n) is 6.09. The normalized spacial score (nSPS) is 12.4. The highest BCUT2D eigenvalue weighted by Gasteiger charge is 2.20. The highest BCUT2D eigenvalue weighted by Crippen LogP contribution is 2.16. The van der Waals surface area contributed by atoms with E-state index in [1.54, 1.807) is 10.9 Å². The largest absolute Gasteiger partial charge is 0.394 e. The number of rotatable bonds is 7. The van der Waals surface area contributed by atoms with Crippen molar-refractivity contribution in [2.24, 2.45) is 5.92 Å². The van der Waals surface area contributed by atoms with Crippen LogP contribution in [0.5, 0.6) is 0 Å². The maximum atomic E-state index is 12.5. The van der Waals surface area contributed by atoms with E-state index in [0.29, 0.717) is 17.9 Å². The molecular formula is C18H25N3O2. The number of aliphatic hydroxyl groups excluding tert-OH is 1. The minimum absolute atomic E-state index is 0.0573. The zero-order valence-electron chi connectivity index (χ0n) is 14.0. The van der Waals surface area contributed by atoms with Gasteiger partial charge in [0.15, 0.2) is 0 Å². The van der Waals surface area contributed by atoms with E-state index in [0.717, 1.165) is 17.8 Å². The summed E-state index contributed by atoms with van der Waals surface area (Å²) in [6.45, 7) is 6.09. The first-order chi connectivity index (χ1) is 11.1. The van der Waals surface area contributed by atoms with Gasteiger partial charge in [0.1, 0.15) is 0 Å². The van der Waals surface area contributed by atoms with Gasteiger partial charge < -0.3 is 10.4 Å². The molecule has 1 aromatic heterocycles. The summed E-state index contributed by atoms with van der Waals surface area (Å²) < 4.78 is 1.80. The third-order valence-electron chi connectivity index (χ3n) is 3.76. The van der Waals surface area contributed by atoms with Crippen molar-refractivity contribution in [1.82, 2.24) is 15.1 Å². The van der Waals surface area contributed by atoms with E-state index in [-0.39, 0.29) is 18.6 Å². The number of carbonyl (C=O) groups is 1. The van der Waals surface area contributed by atoms with Crippen molar-refractivity contribution in [3.8, 4) is 5.69 Å². The van der Waals surface area contributed by atoms with E-state index in [1.165, 1.54) is 0 Å². The fourth-order valence-electron chi connectivity index (χ4n) is 2.71. The van der Waals surface area contributed by atoms with Crippen LogP contribution in [0.1, 0.15) is 43.2 Å². The summed E-state index contributed by atoms with van der Waals surface area (Å²) in [5, 5.41) is 16.7. The highest BCUT2D eigenvalue weighted by molar-refractivity contribution is 5.95. The van der Waals surface area contributed by atoms with E-state index in [4.69, 9.17) is 0 Å². The molecule has 2 rings (SSSR count). The summed E-state index contributed by atoms with van der Waals surface area (Å²) in [4.78, 5) is 12.5. The molecule has 1 atom stereocenters. The predicted molar refractivity (Wildman–Crippen MR) is 90.7 cm³/mol. The lowest BCUT2D eigenvalue weighted by atomic mass is 10.0. The highest BCUT2D eigenvalue weighted by atomic mass is 16.3. The number of hydrogen-bond donors (Lipinski definition) is 2. The minimum atomic E-state index is -0.229. The Balaban J connectivity index is 2.23. The number of nitrogens with one attached hydrogen (secondary N) is 1. The number of benzene rings is 1. The standard InChI is InChI=1S/C18H25N3O2/c1-4-17-16(18(23)20-14(12-22)10-13(2)3)11-19-21(17)15-8-6-5-7-9-15/h5-9,11,13-14,22H,4,10,12H2,1-3H3,(H,20,23). The summed E-state index contributed by atoms with van der Waals surface area (Å²) >= 11 is 0. The Morgan fingerprint density at radius 3 is 2.57 bits per heavy atom. The Morgan fingerprint density at radius 1 is 1.30 bits per heavy atom. The van der Waals surface area contributed by atoms with Crippen molar-refractivity contribution in [3.63, 3.8) is 0 Å². The molecule has 0 radical (unpaired) electrons. The van der Waals surface area contributed by atoms with E-state index in [9.17, 15) is 9.90 Å². The summed E-state index contributed by atoms with van der Waals surface area (Å²) in [7, 11) is 0. The summed E-state index contributed by atoms with van der Waals surface area (Å²) in [6, 6.07) is 9.53. The molecule has 0 saturated heterocycles. The molecule has 1 heterocycles. The van der Waals surface area contributed by atoms with Gasteiger partial charge in [-0.2, -0.15) is 5.10 Å². The van der Waals surface area contributed by atoms with Gasteiger partial charge in [0.2, 0.25) is 0 Å². The number of amides is 1. The molecule has 0 saturated carbocycles. The first kappa shape index (κ1) is 17.2. The third-order valence-corrected chi connectivity index (χ3v) is 3.76. The summed E-state index contributed by atoms with van der Waals surface area (Å²) in [6.07, 6.45) is 3.05. The zero-order valence-corrected chi connectivity index (χ0v) is 14.0. The molecule has 5 heteroatoms. The second-order valence-corrected chi connectivity index (χ2v) is 6.09. The van der Waals surface area contributed by atoms with Crippen molar-refractivity contribution >= 4 is 5.91 Å². The predicted octanol–water partition coefficient (Wildman–Crippen LogP) is 2.57. The van der Waals surface area contributed by atoms with Crippen molar-refractivity contribution in [3.05, 3.63) is 47.8 Å². The number of nitrogens with zero attached hydrogens (tertiary/aromatic N) is 2. The van der Waals surface area contributed by atoms with Crippen molar-refractivity contribution in [1.29, 1.82) is 0 Å². The number of aromatic nitrogens is 2. The molecule has 1 aromatic carbocycles. The summed E-state index contributed by atoms with van der Waals surface area (Å²) in [5.74, 6) is 0.230. The second kappa shape index (κ2) is 7.92. The van der Waals surface area contributed by atoms with Crippen molar-refractivity contribution < 1.29 is 9.90 Å². The summed E-state index contributed by atoms with van der Waals surface area (Å²) in [5.41, 5.74) is 2.37. The van der Waals surface area contributed by atoms with Gasteiger partial charge in [-0.15, -0.1) is 0 Å². The van der Waals surface area contributed by atoms with E-state index >= 15 is 0 Å². The molecule has 0 aliphatic rings. The van der Waals surface area contributed by atoms with Gasteiger partial charge in [0, 0.05) is 0 Å². The minimum Gasteiger partial charge on any atom is -0.394 e. The molecule has 0 aliphatic carbocycles. The molecule has 0 bridgehead atoms. The average molecular weight is 315 g/mol. The van der Waals surface area contributed by atoms with Gasteiger partial charge in [0.25, 0.3) is 5.91 Å². The van der Waals surface area contributed by atoms with E-state index < -0.39 is 0 Å². The van der Waals surface area contributed by atoms with Crippen molar-refractivity contribution in [2.45, 2.75) is 39.7 Å². The molecule has 23 heavy (non-hydrogen) atoms. The number of aliphatic hydroxyl groups is 1. The van der Waals surface area contributed by atoms with Crippen LogP contribution in [0.4, 0.5) is 0 Å². The molecule has 2 aromatic rings. The van der Waals surface area contributed by atoms with Gasteiger partial charge >= 0.3 is 0 Å². The van der Waals surface area contributed by atoms with E-state index in [1.807, 2.05) is 37.3 Å². The van der Waals surface area contributed by atoms with Crippen LogP contribution < -0.4 is 5.32 Å². The number of hydrogen-bond acceptors (Lipinski definition) is 3. The SMILES string of the molecule is CCc1c(C(=O)NC(CO)CC(C)C)cnn1-c1ccccc1. The van der Waals surface area contributed by atoms with Gasteiger partial charge in [-0.1, -0.05) is 39.0 Å². The lowest BCUT2D eigenvalue weighted by Crippen LogP contribution is -2.38. The molecule has 0 aliphatic heterocycles. The molecule has 2 N–H and O–H groups in total. The number of para-hydroxylation sites is 1. The topological polar surface area (TPSA) is 67.2 Å². The maximum absolute atomic E-state index is 12.5. The van der Waals surface area contributed by atoms with Crippen LogP contribution in [0.25, 0.3) is 5.69 Å². The smallest absolute Gasteiger partial charge is 0.255 e. The monoisotopic (exact) mass is 315 g/mol. The Morgan fingerprint density at radius 2 is 2.00 bits per heavy atom. The fourth-order valence-corrected chi connectivity index (χ4v) is 2.71. The fraction of sp³-hybridized carbons (Fsp3) is 0.444. The maximum Gasteiger partial charge on any atom is 0.255 e. The average Bonchev–Trinajstić information content (AvgIpc) is 2.98. The van der Waals surface area contributed by atoms with Crippen LogP contribution in [0.2, 0.25) is 0 Å². The molecule has 1 unspecified atom stereocenters. The van der Waals surface area contributed by atoms with E-state index in [2.05, 4.69) is 24.3 Å². The Bertz CT molecular complexity index is 635. The molecular weight excluding hydrogens is 290 g/mol. The van der Waals surface area contributed by atoms with Gasteiger partial charge in [-0.05, 0) is 30.9 Å². The van der Waals surface area contributed by atoms with Gasteiger partial charge in [0.05, 0.1) is 35.8 Å². The molecule has 124 valence electrons. The van der Waals surface area contributed by atoms with Crippen LogP contribution in [-0.4, -0.2) is 33.4 Å². The Kier molecular flexibility index (Phi) is 5.93. The lowest BCUT2D eigenvalue weighted by molar-refractivity contribution is 0.0907.